The smallest absolute Gasteiger partial charge is 0.190 e. The summed E-state index contributed by atoms with van der Waals surface area (Å²) in [6, 6.07) is 21.0. The van der Waals surface area contributed by atoms with Gasteiger partial charge in [0.15, 0.2) is 5.69 Å². The molecule has 0 heterocycles. The van der Waals surface area contributed by atoms with Crippen LogP contribution in [0.25, 0.3) is 4.85 Å². The van der Waals surface area contributed by atoms with Gasteiger partial charge in [-0.2, -0.15) is 0 Å². The van der Waals surface area contributed by atoms with Gasteiger partial charge in [-0.3, -0.25) is 0 Å². The molecule has 0 saturated heterocycles. The molecule has 0 bridgehead atoms. The zero-order chi connectivity index (χ0) is 19.7. The van der Waals surface area contributed by atoms with Crippen molar-refractivity contribution < 1.29 is 10.2 Å². The number of aromatic hydroxyl groups is 2. The lowest BCUT2D eigenvalue weighted by Gasteiger charge is -2.38. The zero-order valence-electron chi connectivity index (χ0n) is 15.8. The van der Waals surface area contributed by atoms with Crippen LogP contribution in [0, 0.1) is 12.5 Å². The summed E-state index contributed by atoms with van der Waals surface area (Å²) in [5, 5.41) is 19.8. The molecule has 0 fully saturated rings. The van der Waals surface area contributed by atoms with Gasteiger partial charge in [-0.25, -0.2) is 4.85 Å². The molecule has 3 heteroatoms. The number of phenolic OH excluding ortho intramolecular Hbond substituents is 2. The zero-order valence-corrected chi connectivity index (χ0v) is 15.8. The van der Waals surface area contributed by atoms with Crippen molar-refractivity contribution in [3.63, 3.8) is 0 Å². The SMILES string of the molecule is [C-]#[N+]c1ccccc1C[C@H]1c2cc(O)ccc2C[C@@H](c2ccc(O)cc2)[C@H]1C. The minimum Gasteiger partial charge on any atom is -0.508 e. The number of nitrogens with zero attached hydrogens (tertiary/aromatic N) is 1. The van der Waals surface area contributed by atoms with Crippen LogP contribution in [0.1, 0.15) is 41.0 Å². The van der Waals surface area contributed by atoms with Crippen LogP contribution in [-0.4, -0.2) is 10.2 Å². The van der Waals surface area contributed by atoms with E-state index in [1.165, 1.54) is 16.7 Å². The van der Waals surface area contributed by atoms with Gasteiger partial charge >= 0.3 is 0 Å². The highest BCUT2D eigenvalue weighted by atomic mass is 16.3. The van der Waals surface area contributed by atoms with E-state index in [9.17, 15) is 10.2 Å². The molecule has 0 spiro atoms. The van der Waals surface area contributed by atoms with Crippen molar-refractivity contribution in [2.75, 3.05) is 0 Å². The summed E-state index contributed by atoms with van der Waals surface area (Å²) in [6.45, 7) is 9.75. The third-order valence-corrected chi connectivity index (χ3v) is 6.11. The first-order chi connectivity index (χ1) is 13.6. The highest BCUT2D eigenvalue weighted by molar-refractivity contribution is 5.53. The Balaban J connectivity index is 1.77. The molecule has 140 valence electrons. The van der Waals surface area contributed by atoms with Gasteiger partial charge < -0.3 is 10.2 Å². The molecule has 28 heavy (non-hydrogen) atoms. The van der Waals surface area contributed by atoms with E-state index in [0.29, 0.717) is 17.5 Å². The van der Waals surface area contributed by atoms with Crippen LogP contribution in [0.2, 0.25) is 0 Å². The maximum absolute atomic E-state index is 10.1. The quantitative estimate of drug-likeness (QED) is 0.560. The first-order valence-electron chi connectivity index (χ1n) is 9.63. The molecule has 2 N–H and O–H groups in total. The molecule has 0 saturated carbocycles. The predicted molar refractivity (Wildman–Crippen MR) is 111 cm³/mol. The summed E-state index contributed by atoms with van der Waals surface area (Å²) >= 11 is 0. The lowest BCUT2D eigenvalue weighted by atomic mass is 9.66. The molecule has 0 radical (unpaired) electrons. The lowest BCUT2D eigenvalue weighted by Crippen LogP contribution is -2.27. The second-order valence-corrected chi connectivity index (χ2v) is 7.70. The van der Waals surface area contributed by atoms with Crippen molar-refractivity contribution in [3.8, 4) is 11.5 Å². The Hall–Kier alpha value is -3.25. The van der Waals surface area contributed by atoms with Gasteiger partial charge in [-0.05, 0) is 77.1 Å². The molecular formula is C25H23NO2. The summed E-state index contributed by atoms with van der Waals surface area (Å²) in [4.78, 5) is 3.69. The van der Waals surface area contributed by atoms with E-state index in [0.717, 1.165) is 18.4 Å². The van der Waals surface area contributed by atoms with E-state index in [1.54, 1.807) is 18.2 Å². The highest BCUT2D eigenvalue weighted by Crippen LogP contribution is 2.47. The minimum absolute atomic E-state index is 0.206. The second kappa shape index (κ2) is 7.40. The molecule has 4 rings (SSSR count). The highest BCUT2D eigenvalue weighted by Gasteiger charge is 2.35. The Bertz CT molecular complexity index is 1030. The molecule has 3 atom stereocenters. The summed E-state index contributed by atoms with van der Waals surface area (Å²) in [5.74, 6) is 1.43. The fourth-order valence-electron chi connectivity index (χ4n) is 4.57. The summed E-state index contributed by atoms with van der Waals surface area (Å²) in [6.07, 6.45) is 1.67. The summed E-state index contributed by atoms with van der Waals surface area (Å²) in [7, 11) is 0. The third kappa shape index (κ3) is 3.34. The Morgan fingerprint density at radius 2 is 1.68 bits per heavy atom. The van der Waals surface area contributed by atoms with E-state index < -0.39 is 0 Å². The molecular weight excluding hydrogens is 346 g/mol. The number of phenols is 2. The second-order valence-electron chi connectivity index (χ2n) is 7.70. The molecule has 1 aliphatic rings. The van der Waals surface area contributed by atoms with Crippen molar-refractivity contribution in [1.82, 2.24) is 0 Å². The summed E-state index contributed by atoms with van der Waals surface area (Å²) < 4.78 is 0. The molecule has 0 unspecified atom stereocenters. The van der Waals surface area contributed by atoms with E-state index in [4.69, 9.17) is 6.57 Å². The maximum Gasteiger partial charge on any atom is 0.190 e. The number of benzene rings is 3. The average Bonchev–Trinajstić information content (AvgIpc) is 2.71. The normalized spacial score (nSPS) is 20.9. The molecule has 3 aromatic rings. The van der Waals surface area contributed by atoms with Crippen molar-refractivity contribution >= 4 is 5.69 Å². The van der Waals surface area contributed by atoms with Gasteiger partial charge in [0.25, 0.3) is 0 Å². The van der Waals surface area contributed by atoms with Gasteiger partial charge in [0, 0.05) is 0 Å². The van der Waals surface area contributed by atoms with Crippen LogP contribution in [0.15, 0.2) is 66.7 Å². The van der Waals surface area contributed by atoms with Crippen LogP contribution in [0.4, 0.5) is 5.69 Å². The maximum atomic E-state index is 10.1. The Morgan fingerprint density at radius 1 is 0.964 bits per heavy atom. The van der Waals surface area contributed by atoms with Crippen LogP contribution in [-0.2, 0) is 12.8 Å². The predicted octanol–water partition coefficient (Wildman–Crippen LogP) is 5.95. The number of hydrogen-bond acceptors (Lipinski definition) is 2. The molecule has 3 nitrogen and oxygen atoms in total. The van der Waals surface area contributed by atoms with E-state index >= 15 is 0 Å². The largest absolute Gasteiger partial charge is 0.508 e. The molecule has 0 amide bonds. The van der Waals surface area contributed by atoms with E-state index in [-0.39, 0.29) is 17.4 Å². The monoisotopic (exact) mass is 369 g/mol. The van der Waals surface area contributed by atoms with E-state index in [1.807, 2.05) is 48.5 Å². The van der Waals surface area contributed by atoms with Crippen LogP contribution in [0.5, 0.6) is 11.5 Å². The number of hydrogen-bond donors (Lipinski definition) is 2. The van der Waals surface area contributed by atoms with Crippen LogP contribution >= 0.6 is 0 Å². The van der Waals surface area contributed by atoms with Crippen molar-refractivity contribution in [2.45, 2.75) is 31.6 Å². The third-order valence-electron chi connectivity index (χ3n) is 6.11. The fourth-order valence-corrected chi connectivity index (χ4v) is 4.57. The first kappa shape index (κ1) is 18.1. The number of rotatable bonds is 3. The minimum atomic E-state index is 0.206. The Labute approximate surface area is 165 Å². The molecule has 3 aromatic carbocycles. The first-order valence-corrected chi connectivity index (χ1v) is 9.63. The van der Waals surface area contributed by atoms with Crippen LogP contribution < -0.4 is 0 Å². The van der Waals surface area contributed by atoms with Crippen LogP contribution in [0.3, 0.4) is 0 Å². The van der Waals surface area contributed by atoms with E-state index in [2.05, 4.69) is 11.8 Å². The van der Waals surface area contributed by atoms with Crippen molar-refractivity contribution in [3.05, 3.63) is 100 Å². The molecule has 0 aromatic heterocycles. The summed E-state index contributed by atoms with van der Waals surface area (Å²) in [5.41, 5.74) is 5.40. The number of para-hydroxylation sites is 1. The van der Waals surface area contributed by atoms with Gasteiger partial charge in [-0.1, -0.05) is 49.4 Å². The lowest BCUT2D eigenvalue weighted by molar-refractivity contribution is 0.347. The Kier molecular flexibility index (Phi) is 4.79. The van der Waals surface area contributed by atoms with Gasteiger partial charge in [0.1, 0.15) is 11.5 Å². The molecule has 1 aliphatic carbocycles. The average molecular weight is 369 g/mol. The van der Waals surface area contributed by atoms with Gasteiger partial charge in [0.05, 0.1) is 6.57 Å². The van der Waals surface area contributed by atoms with Crippen molar-refractivity contribution in [2.24, 2.45) is 5.92 Å². The molecule has 0 aliphatic heterocycles. The number of fused-ring (bicyclic) bond motifs is 1. The van der Waals surface area contributed by atoms with Crippen molar-refractivity contribution in [1.29, 1.82) is 0 Å². The topological polar surface area (TPSA) is 44.8 Å². The fraction of sp³-hybridized carbons (Fsp3) is 0.240. The van der Waals surface area contributed by atoms with Gasteiger partial charge in [-0.15, -0.1) is 0 Å². The van der Waals surface area contributed by atoms with Gasteiger partial charge in [0.2, 0.25) is 0 Å². The Morgan fingerprint density at radius 3 is 2.43 bits per heavy atom. The standard InChI is InChI=1S/C25H23NO2/c1-16-22(17-7-10-20(27)11-8-17)13-18-9-12-21(28)15-24(18)23(16)14-19-5-3-4-6-25(19)26-2/h3-12,15-16,22-23,27-28H,13-14H2,1H3/t16-,22-,23-/m1/s1.